The smallest absolute Gasteiger partial charge is 0.251 e. The van der Waals surface area contributed by atoms with Crippen LogP contribution in [-0.4, -0.2) is 55.8 Å². The molecule has 0 saturated carbocycles. The van der Waals surface area contributed by atoms with E-state index in [1.165, 1.54) is 0 Å². The SMILES string of the molecule is CCCC(C)NC(=O)c1cccc(CN2CCN(S(=O)(=O)c3ccccc3)CC2)c1. The number of nitrogens with zero attached hydrogens (tertiary/aromatic N) is 2. The highest BCUT2D eigenvalue weighted by molar-refractivity contribution is 7.89. The standard InChI is InChI=1S/C23H31N3O3S/c1-3-8-19(2)24-23(27)21-10-7-9-20(17-21)18-25-13-15-26(16-14-25)30(28,29)22-11-5-4-6-12-22/h4-7,9-12,17,19H,3,8,13-16,18H2,1-2H3,(H,24,27). The van der Waals surface area contributed by atoms with Gasteiger partial charge < -0.3 is 5.32 Å². The van der Waals surface area contributed by atoms with Gasteiger partial charge >= 0.3 is 0 Å². The zero-order valence-electron chi connectivity index (χ0n) is 17.8. The molecule has 162 valence electrons. The zero-order chi connectivity index (χ0) is 21.6. The normalized spacial score (nSPS) is 16.9. The molecule has 0 aliphatic carbocycles. The molecule has 0 aromatic heterocycles. The first-order chi connectivity index (χ1) is 14.4. The number of carbonyl (C=O) groups is 1. The average molecular weight is 430 g/mol. The van der Waals surface area contributed by atoms with Gasteiger partial charge in [0.25, 0.3) is 5.91 Å². The molecular weight excluding hydrogens is 398 g/mol. The van der Waals surface area contributed by atoms with Crippen LogP contribution in [0.3, 0.4) is 0 Å². The highest BCUT2D eigenvalue weighted by Crippen LogP contribution is 2.18. The second-order valence-electron chi connectivity index (χ2n) is 7.86. The van der Waals surface area contributed by atoms with Gasteiger partial charge in [-0.05, 0) is 43.2 Å². The number of hydrogen-bond donors (Lipinski definition) is 1. The van der Waals surface area contributed by atoms with Crippen LogP contribution in [0.5, 0.6) is 0 Å². The minimum Gasteiger partial charge on any atom is -0.350 e. The molecule has 1 heterocycles. The zero-order valence-corrected chi connectivity index (χ0v) is 18.6. The van der Waals surface area contributed by atoms with E-state index in [0.717, 1.165) is 18.4 Å². The predicted molar refractivity (Wildman–Crippen MR) is 119 cm³/mol. The van der Waals surface area contributed by atoms with Crippen LogP contribution in [0.15, 0.2) is 59.5 Å². The third-order valence-electron chi connectivity index (χ3n) is 5.41. The van der Waals surface area contributed by atoms with Crippen molar-refractivity contribution in [1.82, 2.24) is 14.5 Å². The van der Waals surface area contributed by atoms with Gasteiger partial charge in [-0.2, -0.15) is 4.31 Å². The van der Waals surface area contributed by atoms with Crippen molar-refractivity contribution in [2.24, 2.45) is 0 Å². The van der Waals surface area contributed by atoms with Crippen LogP contribution in [-0.2, 0) is 16.6 Å². The number of amides is 1. The fourth-order valence-electron chi connectivity index (χ4n) is 3.75. The molecule has 2 aromatic rings. The predicted octanol–water partition coefficient (Wildman–Crippen LogP) is 3.11. The molecule has 2 aromatic carbocycles. The Labute approximate surface area is 179 Å². The van der Waals surface area contributed by atoms with Gasteiger partial charge in [0, 0.05) is 44.3 Å². The molecule has 3 rings (SSSR count). The second kappa shape index (κ2) is 10.2. The van der Waals surface area contributed by atoms with Crippen molar-refractivity contribution in [2.45, 2.75) is 44.2 Å². The van der Waals surface area contributed by atoms with Gasteiger partial charge in [-0.25, -0.2) is 8.42 Å². The highest BCUT2D eigenvalue weighted by atomic mass is 32.2. The molecule has 1 unspecified atom stereocenters. The fourth-order valence-corrected chi connectivity index (χ4v) is 5.19. The molecule has 0 spiro atoms. The molecule has 1 aliphatic heterocycles. The Bertz CT molecular complexity index is 939. The molecule has 1 aliphatic rings. The lowest BCUT2D eigenvalue weighted by molar-refractivity contribution is 0.0938. The van der Waals surface area contributed by atoms with E-state index in [-0.39, 0.29) is 11.9 Å². The minimum absolute atomic E-state index is 0.0448. The molecule has 1 amide bonds. The first kappa shape index (κ1) is 22.5. The summed E-state index contributed by atoms with van der Waals surface area (Å²) in [5.74, 6) is -0.0448. The third kappa shape index (κ3) is 5.68. The first-order valence-electron chi connectivity index (χ1n) is 10.6. The van der Waals surface area contributed by atoms with Crippen molar-refractivity contribution in [3.63, 3.8) is 0 Å². The van der Waals surface area contributed by atoms with E-state index >= 15 is 0 Å². The van der Waals surface area contributed by atoms with Crippen molar-refractivity contribution in [3.05, 3.63) is 65.7 Å². The van der Waals surface area contributed by atoms with E-state index in [0.29, 0.717) is 43.2 Å². The van der Waals surface area contributed by atoms with E-state index < -0.39 is 10.0 Å². The third-order valence-corrected chi connectivity index (χ3v) is 7.32. The van der Waals surface area contributed by atoms with Crippen LogP contribution < -0.4 is 5.32 Å². The van der Waals surface area contributed by atoms with Crippen LogP contribution >= 0.6 is 0 Å². The summed E-state index contributed by atoms with van der Waals surface area (Å²) in [5.41, 5.74) is 1.73. The van der Waals surface area contributed by atoms with Crippen LogP contribution in [0.2, 0.25) is 0 Å². The molecule has 1 saturated heterocycles. The number of nitrogens with one attached hydrogen (secondary N) is 1. The van der Waals surface area contributed by atoms with Gasteiger partial charge in [-0.15, -0.1) is 0 Å². The average Bonchev–Trinajstić information content (AvgIpc) is 2.75. The van der Waals surface area contributed by atoms with Crippen LogP contribution in [0, 0.1) is 0 Å². The van der Waals surface area contributed by atoms with E-state index in [1.54, 1.807) is 28.6 Å². The number of rotatable bonds is 8. The second-order valence-corrected chi connectivity index (χ2v) is 9.79. The Hall–Kier alpha value is -2.22. The summed E-state index contributed by atoms with van der Waals surface area (Å²) in [7, 11) is -3.44. The summed E-state index contributed by atoms with van der Waals surface area (Å²) in [6.07, 6.45) is 2.00. The summed E-state index contributed by atoms with van der Waals surface area (Å²) >= 11 is 0. The van der Waals surface area contributed by atoms with E-state index in [9.17, 15) is 13.2 Å². The topological polar surface area (TPSA) is 69.7 Å². The molecule has 0 bridgehead atoms. The lowest BCUT2D eigenvalue weighted by atomic mass is 10.1. The molecule has 1 fully saturated rings. The van der Waals surface area contributed by atoms with Gasteiger partial charge in [-0.3, -0.25) is 9.69 Å². The van der Waals surface area contributed by atoms with E-state index in [4.69, 9.17) is 0 Å². The minimum atomic E-state index is -3.44. The first-order valence-corrected chi connectivity index (χ1v) is 12.0. The Morgan fingerprint density at radius 3 is 2.40 bits per heavy atom. The number of benzene rings is 2. The van der Waals surface area contributed by atoms with Gasteiger partial charge in [0.2, 0.25) is 10.0 Å². The van der Waals surface area contributed by atoms with E-state index in [2.05, 4.69) is 17.1 Å². The molecule has 0 radical (unpaired) electrons. The van der Waals surface area contributed by atoms with Gasteiger partial charge in [0.15, 0.2) is 0 Å². The Balaban J connectivity index is 1.57. The maximum Gasteiger partial charge on any atom is 0.251 e. The number of carbonyl (C=O) groups excluding carboxylic acids is 1. The summed E-state index contributed by atoms with van der Waals surface area (Å²) in [6, 6.07) is 16.4. The number of hydrogen-bond acceptors (Lipinski definition) is 4. The van der Waals surface area contributed by atoms with Gasteiger partial charge in [-0.1, -0.05) is 43.7 Å². The fraction of sp³-hybridized carbons (Fsp3) is 0.435. The molecule has 1 atom stereocenters. The Kier molecular flexibility index (Phi) is 7.64. The molecule has 30 heavy (non-hydrogen) atoms. The van der Waals surface area contributed by atoms with Crippen LogP contribution in [0.1, 0.15) is 42.6 Å². The maximum absolute atomic E-state index is 12.8. The number of piperazine rings is 1. The molecule has 6 nitrogen and oxygen atoms in total. The lowest BCUT2D eigenvalue weighted by Crippen LogP contribution is -2.48. The van der Waals surface area contributed by atoms with E-state index in [1.807, 2.05) is 37.3 Å². The number of sulfonamides is 1. The van der Waals surface area contributed by atoms with Crippen molar-refractivity contribution >= 4 is 15.9 Å². The maximum atomic E-state index is 12.8. The van der Waals surface area contributed by atoms with Crippen LogP contribution in [0.4, 0.5) is 0 Å². The van der Waals surface area contributed by atoms with Crippen molar-refractivity contribution < 1.29 is 13.2 Å². The quantitative estimate of drug-likeness (QED) is 0.700. The van der Waals surface area contributed by atoms with Crippen molar-refractivity contribution in [3.8, 4) is 0 Å². The Morgan fingerprint density at radius 2 is 1.73 bits per heavy atom. The molecule has 7 heteroatoms. The monoisotopic (exact) mass is 429 g/mol. The van der Waals surface area contributed by atoms with Crippen molar-refractivity contribution in [1.29, 1.82) is 0 Å². The Morgan fingerprint density at radius 1 is 1.03 bits per heavy atom. The highest BCUT2D eigenvalue weighted by Gasteiger charge is 2.28. The summed E-state index contributed by atoms with van der Waals surface area (Å²) in [4.78, 5) is 15.0. The molecule has 1 N–H and O–H groups in total. The van der Waals surface area contributed by atoms with Gasteiger partial charge in [0.1, 0.15) is 0 Å². The molecular formula is C23H31N3O3S. The largest absolute Gasteiger partial charge is 0.350 e. The summed E-state index contributed by atoms with van der Waals surface area (Å²) in [6.45, 7) is 7.08. The lowest BCUT2D eigenvalue weighted by Gasteiger charge is -2.34. The summed E-state index contributed by atoms with van der Waals surface area (Å²) < 4.78 is 27.1. The van der Waals surface area contributed by atoms with Crippen LogP contribution in [0.25, 0.3) is 0 Å². The van der Waals surface area contributed by atoms with Gasteiger partial charge in [0.05, 0.1) is 4.90 Å². The van der Waals surface area contributed by atoms with Crippen molar-refractivity contribution in [2.75, 3.05) is 26.2 Å². The summed E-state index contributed by atoms with van der Waals surface area (Å²) in [5, 5.41) is 3.04.